The van der Waals surface area contributed by atoms with Gasteiger partial charge in [-0.05, 0) is 42.0 Å². The van der Waals surface area contributed by atoms with Crippen LogP contribution < -0.4 is 11.1 Å². The molecule has 0 saturated heterocycles. The molecule has 1 aliphatic heterocycles. The number of aliphatic hydroxyl groups is 1. The fourth-order valence-corrected chi connectivity index (χ4v) is 4.95. The Labute approximate surface area is 211 Å². The summed E-state index contributed by atoms with van der Waals surface area (Å²) >= 11 is 0. The van der Waals surface area contributed by atoms with Gasteiger partial charge in [0.25, 0.3) is 5.91 Å². The molecule has 0 bridgehead atoms. The molecule has 2 amide bonds. The van der Waals surface area contributed by atoms with E-state index in [9.17, 15) is 14.7 Å². The molecule has 1 aromatic carbocycles. The van der Waals surface area contributed by atoms with Crippen LogP contribution in [-0.4, -0.2) is 58.1 Å². The van der Waals surface area contributed by atoms with Crippen molar-refractivity contribution in [2.24, 2.45) is 16.6 Å². The van der Waals surface area contributed by atoms with Gasteiger partial charge in [-0.25, -0.2) is 4.99 Å². The maximum atomic E-state index is 13.3. The van der Waals surface area contributed by atoms with Crippen molar-refractivity contribution in [3.05, 3.63) is 65.0 Å². The zero-order chi connectivity index (χ0) is 26.0. The van der Waals surface area contributed by atoms with Crippen molar-refractivity contribution in [2.75, 3.05) is 13.7 Å². The molecule has 9 heteroatoms. The number of amides is 2. The van der Waals surface area contributed by atoms with Crippen LogP contribution >= 0.6 is 0 Å². The Bertz CT molecular complexity index is 1170. The number of carbonyl (C=O) groups excluding carboxylic acids is 2. The van der Waals surface area contributed by atoms with Gasteiger partial charge in [-0.2, -0.15) is 0 Å². The average Bonchev–Trinajstić information content (AvgIpc) is 3.15. The van der Waals surface area contributed by atoms with Gasteiger partial charge in [0.05, 0.1) is 35.7 Å². The van der Waals surface area contributed by atoms with E-state index in [2.05, 4.69) is 15.3 Å². The van der Waals surface area contributed by atoms with Crippen molar-refractivity contribution in [3.63, 3.8) is 0 Å². The standard InChI is InChI=1S/C27H35N5O4/c1-16(2)27(3)13-23(34)32(26(28)31-27)21(9-10-36-4)18-11-19(15-29-14-18)25(35)30-24-20-8-6-5-7-17(20)12-22(24)33/h5-8,11,14-16,21-22,24,33H,9-10,12-13H2,1-4H3,(H2,28,31)(H,30,35)/t21?,22-,24-,27+/m1/s1. The molecule has 2 aromatic rings. The number of rotatable bonds is 8. The third kappa shape index (κ3) is 4.99. The second-order valence-corrected chi connectivity index (χ2v) is 10.1. The minimum atomic E-state index is -0.700. The Morgan fingerprint density at radius 2 is 2.08 bits per heavy atom. The first-order chi connectivity index (χ1) is 17.1. The average molecular weight is 494 g/mol. The Hall–Kier alpha value is -3.30. The van der Waals surface area contributed by atoms with E-state index in [4.69, 9.17) is 10.5 Å². The normalized spacial score (nSPS) is 24.4. The number of aromatic nitrogens is 1. The topological polar surface area (TPSA) is 130 Å². The maximum absolute atomic E-state index is 13.3. The molecule has 1 aromatic heterocycles. The third-order valence-electron chi connectivity index (χ3n) is 7.44. The first-order valence-corrected chi connectivity index (χ1v) is 12.3. The molecule has 36 heavy (non-hydrogen) atoms. The van der Waals surface area contributed by atoms with Gasteiger partial charge in [0.2, 0.25) is 5.91 Å². The summed E-state index contributed by atoms with van der Waals surface area (Å²) in [6, 6.07) is 8.42. The Morgan fingerprint density at radius 3 is 2.78 bits per heavy atom. The van der Waals surface area contributed by atoms with E-state index in [1.54, 1.807) is 19.4 Å². The molecular formula is C27H35N5O4. The molecule has 192 valence electrons. The first kappa shape index (κ1) is 25.8. The van der Waals surface area contributed by atoms with Gasteiger partial charge < -0.3 is 20.9 Å². The molecule has 1 aliphatic carbocycles. The van der Waals surface area contributed by atoms with Crippen LogP contribution in [0.25, 0.3) is 0 Å². The van der Waals surface area contributed by atoms with Crippen LogP contribution in [0.3, 0.4) is 0 Å². The number of fused-ring (bicyclic) bond motifs is 1. The van der Waals surface area contributed by atoms with Crippen LogP contribution in [0, 0.1) is 5.92 Å². The quantitative estimate of drug-likeness (QED) is 0.518. The maximum Gasteiger partial charge on any atom is 0.253 e. The highest BCUT2D eigenvalue weighted by Gasteiger charge is 2.41. The minimum absolute atomic E-state index is 0.125. The first-order valence-electron chi connectivity index (χ1n) is 12.3. The number of ether oxygens (including phenoxy) is 1. The number of guanidine groups is 1. The zero-order valence-electron chi connectivity index (χ0n) is 21.3. The second-order valence-electron chi connectivity index (χ2n) is 10.1. The van der Waals surface area contributed by atoms with Crippen LogP contribution in [0.15, 0.2) is 47.7 Å². The Balaban J connectivity index is 1.61. The van der Waals surface area contributed by atoms with Crippen LogP contribution in [0.2, 0.25) is 0 Å². The number of pyridine rings is 1. The Morgan fingerprint density at radius 1 is 1.33 bits per heavy atom. The van der Waals surface area contributed by atoms with Gasteiger partial charge in [-0.1, -0.05) is 38.1 Å². The molecule has 2 heterocycles. The lowest BCUT2D eigenvalue weighted by atomic mass is 9.84. The molecule has 2 aliphatic rings. The highest BCUT2D eigenvalue weighted by atomic mass is 16.5. The number of hydrogen-bond donors (Lipinski definition) is 3. The van der Waals surface area contributed by atoms with Crippen molar-refractivity contribution >= 4 is 17.8 Å². The van der Waals surface area contributed by atoms with E-state index in [1.165, 1.54) is 11.1 Å². The van der Waals surface area contributed by atoms with Crippen LogP contribution in [0.5, 0.6) is 0 Å². The molecule has 4 rings (SSSR count). The monoisotopic (exact) mass is 493 g/mol. The largest absolute Gasteiger partial charge is 0.390 e. The number of aliphatic hydroxyl groups excluding tert-OH is 1. The predicted molar refractivity (Wildman–Crippen MR) is 136 cm³/mol. The molecule has 4 N–H and O–H groups in total. The van der Waals surface area contributed by atoms with E-state index in [-0.39, 0.29) is 30.1 Å². The van der Waals surface area contributed by atoms with Crippen molar-refractivity contribution in [2.45, 2.75) is 63.8 Å². The molecule has 0 radical (unpaired) electrons. The summed E-state index contributed by atoms with van der Waals surface area (Å²) in [5, 5.41) is 13.5. The van der Waals surface area contributed by atoms with Crippen molar-refractivity contribution in [1.29, 1.82) is 0 Å². The number of benzene rings is 1. The molecule has 9 nitrogen and oxygen atoms in total. The van der Waals surface area contributed by atoms with Gasteiger partial charge in [-0.3, -0.25) is 19.5 Å². The highest BCUT2D eigenvalue weighted by Crippen LogP contribution is 2.35. The number of nitrogens with two attached hydrogens (primary N) is 1. The highest BCUT2D eigenvalue weighted by molar-refractivity contribution is 5.99. The number of methoxy groups -OCH3 is 1. The number of aliphatic imine (C=N–C) groups is 1. The number of carbonyl (C=O) groups is 2. The third-order valence-corrected chi connectivity index (χ3v) is 7.44. The van der Waals surface area contributed by atoms with Gasteiger partial charge in [0.15, 0.2) is 5.96 Å². The summed E-state index contributed by atoms with van der Waals surface area (Å²) < 4.78 is 5.30. The molecular weight excluding hydrogens is 458 g/mol. The molecule has 0 fully saturated rings. The van der Waals surface area contributed by atoms with Crippen LogP contribution in [0.4, 0.5) is 0 Å². The second kappa shape index (κ2) is 10.4. The van der Waals surface area contributed by atoms with Gasteiger partial charge in [0, 0.05) is 32.5 Å². The van der Waals surface area contributed by atoms with E-state index < -0.39 is 23.7 Å². The van der Waals surface area contributed by atoms with Crippen molar-refractivity contribution < 1.29 is 19.4 Å². The SMILES string of the molecule is COCCC(c1cncc(C(=O)N[C@@H]2c3ccccc3C[C@H]2O)c1)N1C(=O)C[C@@](C)(C(C)C)N=C1N. The van der Waals surface area contributed by atoms with Crippen LogP contribution in [-0.2, 0) is 16.0 Å². The summed E-state index contributed by atoms with van der Waals surface area (Å²) in [6.07, 6.45) is 3.59. The van der Waals surface area contributed by atoms with E-state index in [1.807, 2.05) is 45.0 Å². The molecule has 4 atom stereocenters. The lowest BCUT2D eigenvalue weighted by Gasteiger charge is -2.40. The zero-order valence-corrected chi connectivity index (χ0v) is 21.3. The minimum Gasteiger partial charge on any atom is -0.390 e. The fraction of sp³-hybridized carbons (Fsp3) is 0.481. The summed E-state index contributed by atoms with van der Waals surface area (Å²) in [6.45, 7) is 6.36. The predicted octanol–water partition coefficient (Wildman–Crippen LogP) is 2.51. The molecule has 0 spiro atoms. The van der Waals surface area contributed by atoms with Gasteiger partial charge in [0.1, 0.15) is 0 Å². The van der Waals surface area contributed by atoms with Crippen LogP contribution in [0.1, 0.15) is 72.7 Å². The smallest absolute Gasteiger partial charge is 0.253 e. The van der Waals surface area contributed by atoms with Gasteiger partial charge in [-0.15, -0.1) is 0 Å². The summed E-state index contributed by atoms with van der Waals surface area (Å²) in [5.74, 6) is -0.177. The van der Waals surface area contributed by atoms with Gasteiger partial charge >= 0.3 is 0 Å². The fourth-order valence-electron chi connectivity index (χ4n) is 4.95. The summed E-state index contributed by atoms with van der Waals surface area (Å²) in [5.41, 5.74) is 8.71. The number of nitrogens with one attached hydrogen (secondary N) is 1. The molecule has 0 saturated carbocycles. The summed E-state index contributed by atoms with van der Waals surface area (Å²) in [7, 11) is 1.59. The van der Waals surface area contributed by atoms with E-state index in [0.29, 0.717) is 30.6 Å². The van der Waals surface area contributed by atoms with Crippen molar-refractivity contribution in [1.82, 2.24) is 15.2 Å². The lowest BCUT2D eigenvalue weighted by Crippen LogP contribution is -2.53. The summed E-state index contributed by atoms with van der Waals surface area (Å²) in [4.78, 5) is 37.0. The van der Waals surface area contributed by atoms with E-state index in [0.717, 1.165) is 11.1 Å². The number of hydrogen-bond acceptors (Lipinski definition) is 7. The lowest BCUT2D eigenvalue weighted by molar-refractivity contribution is -0.132. The Kier molecular flexibility index (Phi) is 7.42. The number of nitrogens with zero attached hydrogens (tertiary/aromatic N) is 3. The van der Waals surface area contributed by atoms with E-state index >= 15 is 0 Å². The van der Waals surface area contributed by atoms with Crippen molar-refractivity contribution in [3.8, 4) is 0 Å². The molecule has 1 unspecified atom stereocenters.